The number of nitrogens with one attached hydrogen (secondary N) is 2. The normalized spacial score (nSPS) is 13.4. The molecule has 180 valence electrons. The molecule has 4 nitrogen and oxygen atoms in total. The third-order valence-electron chi connectivity index (χ3n) is 5.01. The minimum atomic E-state index is -4.84. The first-order valence-electron chi connectivity index (χ1n) is 10.2. The van der Waals surface area contributed by atoms with Gasteiger partial charge in [0.1, 0.15) is 17.2 Å². The average Bonchev–Trinajstić information content (AvgIpc) is 2.73. The van der Waals surface area contributed by atoms with Gasteiger partial charge in [-0.1, -0.05) is 23.7 Å². The number of pyridine rings is 1. The van der Waals surface area contributed by atoms with Gasteiger partial charge in [0.25, 0.3) is 0 Å². The zero-order chi connectivity index (χ0) is 25.1. The summed E-state index contributed by atoms with van der Waals surface area (Å²) in [5.74, 6) is -1.66. The lowest BCUT2D eigenvalue weighted by Gasteiger charge is -2.36. The van der Waals surface area contributed by atoms with E-state index in [0.29, 0.717) is 11.6 Å². The van der Waals surface area contributed by atoms with E-state index in [-0.39, 0.29) is 28.7 Å². The van der Waals surface area contributed by atoms with Crippen LogP contribution in [0.25, 0.3) is 0 Å². The first kappa shape index (κ1) is 25.4. The molecule has 0 radical (unpaired) electrons. The van der Waals surface area contributed by atoms with Crippen LogP contribution < -0.4 is 10.6 Å². The molecule has 2 N–H and O–H groups in total. The molecule has 0 bridgehead atoms. The van der Waals surface area contributed by atoms with Gasteiger partial charge in [-0.05, 0) is 67.4 Å². The Morgan fingerprint density at radius 2 is 1.62 bits per heavy atom. The maximum Gasteiger partial charge on any atom is 0.416 e. The molecule has 3 aromatic rings. The molecule has 0 saturated heterocycles. The summed E-state index contributed by atoms with van der Waals surface area (Å²) < 4.78 is 68.7. The van der Waals surface area contributed by atoms with Crippen molar-refractivity contribution in [3.63, 3.8) is 0 Å². The second-order valence-electron chi connectivity index (χ2n) is 8.05. The van der Waals surface area contributed by atoms with Crippen LogP contribution in [-0.4, -0.2) is 17.1 Å². The van der Waals surface area contributed by atoms with E-state index in [9.17, 15) is 26.7 Å². The zero-order valence-corrected chi connectivity index (χ0v) is 18.9. The van der Waals surface area contributed by atoms with Crippen molar-refractivity contribution in [2.45, 2.75) is 38.0 Å². The smallest absolute Gasteiger partial charge is 0.336 e. The van der Waals surface area contributed by atoms with E-state index in [2.05, 4.69) is 15.6 Å². The lowest BCUT2D eigenvalue weighted by molar-refractivity contribution is -0.137. The fraction of sp³-hybridized carbons (Fsp3) is 0.250. The number of amides is 2. The number of hydrogen-bond acceptors (Lipinski definition) is 2. The van der Waals surface area contributed by atoms with Crippen molar-refractivity contribution in [3.8, 4) is 0 Å². The van der Waals surface area contributed by atoms with Crippen molar-refractivity contribution < 1.29 is 26.7 Å². The largest absolute Gasteiger partial charge is 0.416 e. The quantitative estimate of drug-likeness (QED) is 0.397. The number of carbonyl (C=O) groups is 1. The Balaban J connectivity index is 2.29. The lowest BCUT2D eigenvalue weighted by atomic mass is 9.79. The number of benzene rings is 2. The highest BCUT2D eigenvalue weighted by Crippen LogP contribution is 2.38. The second kappa shape index (κ2) is 9.97. The Labute approximate surface area is 198 Å². The van der Waals surface area contributed by atoms with Gasteiger partial charge in [-0.25, -0.2) is 13.6 Å². The van der Waals surface area contributed by atoms with E-state index in [1.165, 1.54) is 42.6 Å². The van der Waals surface area contributed by atoms with Crippen molar-refractivity contribution in [1.29, 1.82) is 0 Å². The monoisotopic (exact) mass is 497 g/mol. The molecule has 0 aliphatic heterocycles. The highest BCUT2D eigenvalue weighted by Gasteiger charge is 2.41. The molecular weight excluding hydrogens is 477 g/mol. The molecule has 3 rings (SSSR count). The van der Waals surface area contributed by atoms with Crippen LogP contribution in [0.2, 0.25) is 5.02 Å². The summed E-state index contributed by atoms with van der Waals surface area (Å²) in [5, 5.41) is 5.57. The fourth-order valence-electron chi connectivity index (χ4n) is 3.55. The van der Waals surface area contributed by atoms with Gasteiger partial charge in [0.2, 0.25) is 0 Å². The summed E-state index contributed by atoms with van der Waals surface area (Å²) in [6.45, 7) is 3.40. The third-order valence-corrected chi connectivity index (χ3v) is 5.24. The Bertz CT molecular complexity index is 1150. The van der Waals surface area contributed by atoms with E-state index in [1.807, 2.05) is 0 Å². The van der Waals surface area contributed by atoms with Gasteiger partial charge in [-0.2, -0.15) is 13.2 Å². The molecule has 0 fully saturated rings. The molecule has 0 aliphatic rings. The summed E-state index contributed by atoms with van der Waals surface area (Å²) in [4.78, 5) is 17.1. The molecule has 0 unspecified atom stereocenters. The zero-order valence-electron chi connectivity index (χ0n) is 18.2. The minimum absolute atomic E-state index is 0.110. The Hall–Kier alpha value is -3.20. The molecule has 2 amide bonds. The van der Waals surface area contributed by atoms with Gasteiger partial charge in [-0.15, -0.1) is 0 Å². The number of hydrogen-bond donors (Lipinski definition) is 2. The molecule has 1 heterocycles. The maximum atomic E-state index is 14.5. The summed E-state index contributed by atoms with van der Waals surface area (Å²) in [6.07, 6.45) is -3.73. The van der Waals surface area contributed by atoms with Crippen LogP contribution in [-0.2, 0) is 18.1 Å². The molecule has 0 saturated carbocycles. The molecule has 1 aromatic heterocycles. The number of urea groups is 1. The van der Waals surface area contributed by atoms with E-state index in [4.69, 9.17) is 11.6 Å². The predicted molar refractivity (Wildman–Crippen MR) is 118 cm³/mol. The number of nitrogens with zero attached hydrogens (tertiary/aromatic N) is 1. The standard InChI is InChI=1S/C24H21ClF5N3O/c1-14(2)32-22(34)33-23(21-8-5-18(25)13-31-21,12-15-3-6-19(26)7-4-15)16-9-17(24(28,29)30)11-20(27)10-16/h3-11,13-14H,12H2,1-2H3,(H2,32,33,34)/t23-/m1/s1. The van der Waals surface area contributed by atoms with Crippen LogP contribution in [0.1, 0.15) is 36.2 Å². The number of halogens is 6. The highest BCUT2D eigenvalue weighted by atomic mass is 35.5. The van der Waals surface area contributed by atoms with Gasteiger partial charge in [0.05, 0.1) is 16.3 Å². The van der Waals surface area contributed by atoms with Gasteiger partial charge in [0.15, 0.2) is 0 Å². The molecule has 0 aliphatic carbocycles. The predicted octanol–water partition coefficient (Wildman–Crippen LogP) is 6.23. The molecule has 1 atom stereocenters. The van der Waals surface area contributed by atoms with Gasteiger partial charge in [0, 0.05) is 18.7 Å². The topological polar surface area (TPSA) is 54.0 Å². The van der Waals surface area contributed by atoms with Crippen molar-refractivity contribution in [1.82, 2.24) is 15.6 Å². The maximum absolute atomic E-state index is 14.5. The van der Waals surface area contributed by atoms with E-state index in [1.54, 1.807) is 13.8 Å². The van der Waals surface area contributed by atoms with E-state index >= 15 is 0 Å². The molecule has 2 aromatic carbocycles. The summed E-state index contributed by atoms with van der Waals surface area (Å²) in [7, 11) is 0. The first-order valence-corrected chi connectivity index (χ1v) is 10.6. The first-order chi connectivity index (χ1) is 15.9. The lowest BCUT2D eigenvalue weighted by Crippen LogP contribution is -2.53. The van der Waals surface area contributed by atoms with Crippen LogP contribution in [0.15, 0.2) is 60.8 Å². The molecule has 10 heteroatoms. The number of rotatable bonds is 6. The van der Waals surface area contributed by atoms with Crippen LogP contribution in [0.5, 0.6) is 0 Å². The molecule has 0 spiro atoms. The summed E-state index contributed by atoms with van der Waals surface area (Å²) >= 11 is 5.96. The van der Waals surface area contributed by atoms with Crippen molar-refractivity contribution in [2.24, 2.45) is 0 Å². The Morgan fingerprint density at radius 1 is 0.971 bits per heavy atom. The number of carbonyl (C=O) groups excluding carboxylic acids is 1. The third kappa shape index (κ3) is 6.02. The summed E-state index contributed by atoms with van der Waals surface area (Å²) in [6, 6.07) is 9.10. The Kier molecular flexibility index (Phi) is 7.45. The molecule has 34 heavy (non-hydrogen) atoms. The van der Waals surface area contributed by atoms with Crippen LogP contribution in [0.4, 0.5) is 26.7 Å². The highest BCUT2D eigenvalue weighted by molar-refractivity contribution is 6.30. The fourth-order valence-corrected chi connectivity index (χ4v) is 3.66. The number of aromatic nitrogens is 1. The number of alkyl halides is 3. The van der Waals surface area contributed by atoms with Crippen LogP contribution in [0.3, 0.4) is 0 Å². The minimum Gasteiger partial charge on any atom is -0.336 e. The van der Waals surface area contributed by atoms with Crippen molar-refractivity contribution in [2.75, 3.05) is 0 Å². The van der Waals surface area contributed by atoms with Crippen LogP contribution in [0, 0.1) is 11.6 Å². The van der Waals surface area contributed by atoms with Crippen LogP contribution >= 0.6 is 11.6 Å². The van der Waals surface area contributed by atoms with E-state index < -0.39 is 34.9 Å². The van der Waals surface area contributed by atoms with Gasteiger partial charge in [-0.3, -0.25) is 4.98 Å². The van der Waals surface area contributed by atoms with Crippen molar-refractivity contribution in [3.05, 3.63) is 99.8 Å². The van der Waals surface area contributed by atoms with E-state index in [0.717, 1.165) is 12.1 Å². The molecular formula is C24H21ClF5N3O. The second-order valence-corrected chi connectivity index (χ2v) is 8.49. The van der Waals surface area contributed by atoms with Crippen molar-refractivity contribution >= 4 is 17.6 Å². The van der Waals surface area contributed by atoms with Gasteiger partial charge >= 0.3 is 12.2 Å². The van der Waals surface area contributed by atoms with Gasteiger partial charge < -0.3 is 10.6 Å². The SMILES string of the molecule is CC(C)NC(=O)N[C@](Cc1ccc(F)cc1)(c1cc(F)cc(C(F)(F)F)c1)c1ccc(Cl)cn1. The Morgan fingerprint density at radius 3 is 2.18 bits per heavy atom. The summed E-state index contributed by atoms with van der Waals surface area (Å²) in [5.41, 5.74) is -2.62. The average molecular weight is 498 g/mol.